The minimum Gasteiger partial charge on any atom is -0.482 e. The highest BCUT2D eigenvalue weighted by atomic mass is 35.5. The van der Waals surface area contributed by atoms with Gasteiger partial charge in [0.2, 0.25) is 0 Å². The van der Waals surface area contributed by atoms with Gasteiger partial charge in [-0.05, 0) is 30.4 Å². The van der Waals surface area contributed by atoms with E-state index in [2.05, 4.69) is 5.32 Å². The molecule has 0 aliphatic carbocycles. The van der Waals surface area contributed by atoms with Crippen LogP contribution in [0.1, 0.15) is 26.7 Å². The van der Waals surface area contributed by atoms with Gasteiger partial charge in [-0.3, -0.25) is 4.79 Å². The van der Waals surface area contributed by atoms with Crippen molar-refractivity contribution in [3.63, 3.8) is 0 Å². The summed E-state index contributed by atoms with van der Waals surface area (Å²) in [5.74, 6) is 0.168. The summed E-state index contributed by atoms with van der Waals surface area (Å²) in [6.45, 7) is 4.65. The fourth-order valence-electron chi connectivity index (χ4n) is 1.77. The van der Waals surface area contributed by atoms with E-state index in [1.807, 2.05) is 13.8 Å². The van der Waals surface area contributed by atoms with E-state index in [9.17, 15) is 4.79 Å². The van der Waals surface area contributed by atoms with Crippen molar-refractivity contribution in [1.29, 1.82) is 0 Å². The number of aliphatic hydroxyl groups excluding tert-OH is 1. The van der Waals surface area contributed by atoms with Gasteiger partial charge in [-0.15, -0.1) is 0 Å². The predicted molar refractivity (Wildman–Crippen MR) is 85.1 cm³/mol. The number of rotatable bonds is 8. The minimum atomic E-state index is -0.219. The molecule has 1 amide bonds. The van der Waals surface area contributed by atoms with Gasteiger partial charge in [0, 0.05) is 24.2 Å². The molecular formula is C15H21Cl2NO3. The zero-order valence-corrected chi connectivity index (χ0v) is 13.8. The fourth-order valence-corrected chi connectivity index (χ4v) is 2.10. The average Bonchev–Trinajstić information content (AvgIpc) is 2.44. The molecule has 0 fully saturated rings. The van der Waals surface area contributed by atoms with Crippen molar-refractivity contribution in [2.45, 2.75) is 26.7 Å². The van der Waals surface area contributed by atoms with Crippen LogP contribution in [0.4, 0.5) is 0 Å². The summed E-state index contributed by atoms with van der Waals surface area (Å²) in [6.07, 6.45) is 1.56. The second-order valence-electron chi connectivity index (χ2n) is 5.63. The summed E-state index contributed by atoms with van der Waals surface area (Å²) >= 11 is 11.8. The molecule has 0 aliphatic rings. The summed E-state index contributed by atoms with van der Waals surface area (Å²) in [4.78, 5) is 11.8. The molecule has 4 nitrogen and oxygen atoms in total. The monoisotopic (exact) mass is 333 g/mol. The molecule has 0 saturated heterocycles. The smallest absolute Gasteiger partial charge is 0.257 e. The third kappa shape index (κ3) is 7.02. The zero-order valence-electron chi connectivity index (χ0n) is 12.3. The molecule has 1 rings (SSSR count). The molecule has 6 heteroatoms. The third-order valence-corrected chi connectivity index (χ3v) is 3.58. The lowest BCUT2D eigenvalue weighted by molar-refractivity contribution is -0.123. The lowest BCUT2D eigenvalue weighted by atomic mass is 9.88. The first-order valence-electron chi connectivity index (χ1n) is 6.79. The van der Waals surface area contributed by atoms with Crippen LogP contribution < -0.4 is 10.1 Å². The number of aliphatic hydroxyl groups is 1. The number of carbonyl (C=O) groups excluding carboxylic acids is 1. The number of amides is 1. The van der Waals surface area contributed by atoms with Crippen LogP contribution in [0.2, 0.25) is 10.0 Å². The maximum absolute atomic E-state index is 11.8. The van der Waals surface area contributed by atoms with E-state index in [4.69, 9.17) is 33.0 Å². The van der Waals surface area contributed by atoms with Crippen LogP contribution in [0.5, 0.6) is 5.75 Å². The van der Waals surface area contributed by atoms with E-state index in [0.717, 1.165) is 12.8 Å². The second kappa shape index (κ2) is 8.47. The maximum Gasteiger partial charge on any atom is 0.257 e. The number of benzene rings is 1. The Balaban J connectivity index is 2.39. The SMILES string of the molecule is CC(C)(CCCO)CNC(=O)COc1cc(Cl)ccc1Cl. The number of ether oxygens (including phenoxy) is 1. The summed E-state index contributed by atoms with van der Waals surface area (Å²) in [7, 11) is 0. The summed E-state index contributed by atoms with van der Waals surface area (Å²) in [6, 6.07) is 4.85. The molecule has 1 aromatic carbocycles. The average molecular weight is 334 g/mol. The normalized spacial score (nSPS) is 11.3. The number of halogens is 2. The predicted octanol–water partition coefficient (Wildman–Crippen LogP) is 3.29. The van der Waals surface area contributed by atoms with Crippen LogP contribution in [0.3, 0.4) is 0 Å². The molecule has 0 saturated carbocycles. The molecule has 0 heterocycles. The van der Waals surface area contributed by atoms with Crippen LogP contribution in [0.15, 0.2) is 18.2 Å². The Labute approximate surface area is 135 Å². The summed E-state index contributed by atoms with van der Waals surface area (Å²) in [5, 5.41) is 12.6. The highest BCUT2D eigenvalue weighted by Crippen LogP contribution is 2.27. The molecular weight excluding hydrogens is 313 g/mol. The Kier molecular flexibility index (Phi) is 7.29. The molecule has 0 bridgehead atoms. The lowest BCUT2D eigenvalue weighted by Gasteiger charge is -2.24. The van der Waals surface area contributed by atoms with Gasteiger partial charge in [0.25, 0.3) is 5.91 Å². The van der Waals surface area contributed by atoms with Crippen LogP contribution in [-0.2, 0) is 4.79 Å². The summed E-state index contributed by atoms with van der Waals surface area (Å²) in [5.41, 5.74) is -0.0634. The number of carbonyl (C=O) groups is 1. The molecule has 118 valence electrons. The molecule has 0 aromatic heterocycles. The number of nitrogens with one attached hydrogen (secondary N) is 1. The third-order valence-electron chi connectivity index (χ3n) is 3.03. The Bertz CT molecular complexity index is 478. The highest BCUT2D eigenvalue weighted by molar-refractivity contribution is 6.34. The Hall–Kier alpha value is -0.970. The van der Waals surface area contributed by atoms with Crippen molar-refractivity contribution >= 4 is 29.1 Å². The van der Waals surface area contributed by atoms with Crippen molar-refractivity contribution in [1.82, 2.24) is 5.32 Å². The molecule has 0 aliphatic heterocycles. The van der Waals surface area contributed by atoms with Gasteiger partial charge in [0.15, 0.2) is 6.61 Å². The minimum absolute atomic E-state index is 0.0634. The molecule has 0 atom stereocenters. The first-order valence-corrected chi connectivity index (χ1v) is 7.55. The van der Waals surface area contributed by atoms with Gasteiger partial charge in [0.1, 0.15) is 5.75 Å². The molecule has 1 aromatic rings. The standard InChI is InChI=1S/C15H21Cl2NO3/c1-15(2,6-3-7-19)10-18-14(20)9-21-13-8-11(16)4-5-12(13)17/h4-5,8,19H,3,6-7,9-10H2,1-2H3,(H,18,20). The van der Waals surface area contributed by atoms with E-state index >= 15 is 0 Å². The fraction of sp³-hybridized carbons (Fsp3) is 0.533. The van der Waals surface area contributed by atoms with Gasteiger partial charge in [0.05, 0.1) is 5.02 Å². The first-order chi connectivity index (χ1) is 9.84. The number of hydrogen-bond donors (Lipinski definition) is 2. The first kappa shape index (κ1) is 18.1. The number of hydrogen-bond acceptors (Lipinski definition) is 3. The maximum atomic E-state index is 11.8. The topological polar surface area (TPSA) is 58.6 Å². The molecule has 21 heavy (non-hydrogen) atoms. The van der Waals surface area contributed by atoms with Crippen LogP contribution >= 0.6 is 23.2 Å². The van der Waals surface area contributed by atoms with E-state index in [1.54, 1.807) is 18.2 Å². The van der Waals surface area contributed by atoms with Crippen molar-refractivity contribution in [3.8, 4) is 5.75 Å². The largest absolute Gasteiger partial charge is 0.482 e. The quantitative estimate of drug-likeness (QED) is 0.767. The van der Waals surface area contributed by atoms with Crippen molar-refractivity contribution in [2.24, 2.45) is 5.41 Å². The van der Waals surface area contributed by atoms with E-state index in [-0.39, 0.29) is 24.5 Å². The Morgan fingerprint density at radius 3 is 2.76 bits per heavy atom. The molecule has 0 unspecified atom stereocenters. The molecule has 0 radical (unpaired) electrons. The van der Waals surface area contributed by atoms with Gasteiger partial charge >= 0.3 is 0 Å². The molecule has 0 spiro atoms. The van der Waals surface area contributed by atoms with Gasteiger partial charge in [-0.1, -0.05) is 37.0 Å². The zero-order chi connectivity index (χ0) is 15.9. The Morgan fingerprint density at radius 2 is 2.10 bits per heavy atom. The molecule has 2 N–H and O–H groups in total. The van der Waals surface area contributed by atoms with Gasteiger partial charge in [-0.25, -0.2) is 0 Å². The van der Waals surface area contributed by atoms with Crippen LogP contribution in [-0.4, -0.2) is 30.8 Å². The van der Waals surface area contributed by atoms with Gasteiger partial charge in [-0.2, -0.15) is 0 Å². The van der Waals surface area contributed by atoms with Crippen molar-refractivity contribution < 1.29 is 14.6 Å². The van der Waals surface area contributed by atoms with Gasteiger partial charge < -0.3 is 15.2 Å². The van der Waals surface area contributed by atoms with Crippen LogP contribution in [0, 0.1) is 5.41 Å². The van der Waals surface area contributed by atoms with Crippen molar-refractivity contribution in [2.75, 3.05) is 19.8 Å². The van der Waals surface area contributed by atoms with E-state index in [1.165, 1.54) is 0 Å². The lowest BCUT2D eigenvalue weighted by Crippen LogP contribution is -2.36. The Morgan fingerprint density at radius 1 is 1.38 bits per heavy atom. The van der Waals surface area contributed by atoms with Crippen molar-refractivity contribution in [3.05, 3.63) is 28.2 Å². The second-order valence-corrected chi connectivity index (χ2v) is 6.48. The van der Waals surface area contributed by atoms with E-state index < -0.39 is 0 Å². The highest BCUT2D eigenvalue weighted by Gasteiger charge is 2.18. The summed E-state index contributed by atoms with van der Waals surface area (Å²) < 4.78 is 5.36. The van der Waals surface area contributed by atoms with E-state index in [0.29, 0.717) is 22.3 Å². The van der Waals surface area contributed by atoms with Crippen LogP contribution in [0.25, 0.3) is 0 Å².